The van der Waals surface area contributed by atoms with Crippen LogP contribution in [0.5, 0.6) is 0 Å². The van der Waals surface area contributed by atoms with E-state index >= 15 is 0 Å². The van der Waals surface area contributed by atoms with Crippen molar-refractivity contribution in [3.63, 3.8) is 0 Å². The molecule has 2 aromatic rings. The van der Waals surface area contributed by atoms with E-state index in [9.17, 15) is 4.79 Å². The number of hydrogen-bond acceptors (Lipinski definition) is 3. The zero-order valence-electron chi connectivity index (χ0n) is 17.4. The summed E-state index contributed by atoms with van der Waals surface area (Å²) in [5, 5.41) is 3.46. The molecule has 5 nitrogen and oxygen atoms in total. The molecular formula is C23H30IN3O2. The Hall–Kier alpha value is -2.09. The number of rotatable bonds is 4. The largest absolute Gasteiger partial charge is 0.469 e. The number of benzene rings is 2. The maximum Gasteiger partial charge on any atom is 0.308 e. The molecule has 1 aliphatic rings. The van der Waals surface area contributed by atoms with Gasteiger partial charge in [-0.2, -0.15) is 0 Å². The first kappa shape index (κ1) is 23.2. The number of aliphatic imine (C=N–C) groups is 1. The Bertz CT molecular complexity index is 846. The van der Waals surface area contributed by atoms with E-state index in [1.807, 2.05) is 0 Å². The number of nitrogens with one attached hydrogen (secondary N) is 1. The molecule has 0 radical (unpaired) electrons. The van der Waals surface area contributed by atoms with Crippen LogP contribution in [0.3, 0.4) is 0 Å². The molecule has 0 aromatic heterocycles. The van der Waals surface area contributed by atoms with Crippen LogP contribution in [0.2, 0.25) is 0 Å². The van der Waals surface area contributed by atoms with Gasteiger partial charge >= 0.3 is 5.97 Å². The van der Waals surface area contributed by atoms with Gasteiger partial charge in [0, 0.05) is 26.7 Å². The van der Waals surface area contributed by atoms with Gasteiger partial charge in [-0.15, -0.1) is 24.0 Å². The second kappa shape index (κ2) is 11.2. The van der Waals surface area contributed by atoms with Crippen molar-refractivity contribution in [1.29, 1.82) is 0 Å². The van der Waals surface area contributed by atoms with Crippen molar-refractivity contribution in [3.05, 3.63) is 59.7 Å². The molecule has 0 aliphatic carbocycles. The predicted octanol–water partition coefficient (Wildman–Crippen LogP) is 4.24. The third-order valence-corrected chi connectivity index (χ3v) is 5.27. The Balaban J connectivity index is 0.00000300. The van der Waals surface area contributed by atoms with Crippen LogP contribution >= 0.6 is 24.0 Å². The summed E-state index contributed by atoms with van der Waals surface area (Å²) in [6.45, 7) is 4.44. The first-order valence-corrected chi connectivity index (χ1v) is 9.80. The zero-order chi connectivity index (χ0) is 19.9. The molecule has 0 bridgehead atoms. The summed E-state index contributed by atoms with van der Waals surface area (Å²) in [5.41, 5.74) is 4.93. The van der Waals surface area contributed by atoms with Gasteiger partial charge in [0.25, 0.3) is 0 Å². The third-order valence-electron chi connectivity index (χ3n) is 5.27. The minimum atomic E-state index is -0.101. The number of likely N-dealkylation sites (tertiary alicyclic amines) is 1. The van der Waals surface area contributed by atoms with Crippen LogP contribution in [0.4, 0.5) is 0 Å². The number of hydrogen-bond donors (Lipinski definition) is 1. The number of carbonyl (C=O) groups excluding carboxylic acids is 1. The fraction of sp³-hybridized carbons (Fsp3) is 0.391. The minimum absolute atomic E-state index is 0. The number of esters is 1. The van der Waals surface area contributed by atoms with E-state index in [-0.39, 0.29) is 35.9 Å². The number of guanidine groups is 1. The number of halogens is 1. The summed E-state index contributed by atoms with van der Waals surface area (Å²) >= 11 is 0. The molecule has 6 heteroatoms. The molecule has 3 rings (SSSR count). The van der Waals surface area contributed by atoms with E-state index in [4.69, 9.17) is 4.74 Å². The highest BCUT2D eigenvalue weighted by molar-refractivity contribution is 14.0. The average Bonchev–Trinajstić information content (AvgIpc) is 2.74. The molecule has 1 N–H and O–H groups in total. The summed E-state index contributed by atoms with van der Waals surface area (Å²) < 4.78 is 4.87. The fourth-order valence-corrected chi connectivity index (χ4v) is 3.69. The third kappa shape index (κ3) is 6.19. The summed E-state index contributed by atoms with van der Waals surface area (Å²) in [6, 6.07) is 17.1. The molecule has 1 fully saturated rings. The Kier molecular flexibility index (Phi) is 8.95. The van der Waals surface area contributed by atoms with Crippen molar-refractivity contribution >= 4 is 35.9 Å². The van der Waals surface area contributed by atoms with Crippen molar-refractivity contribution in [1.82, 2.24) is 10.2 Å². The Labute approximate surface area is 190 Å². The van der Waals surface area contributed by atoms with Crippen molar-refractivity contribution < 1.29 is 9.53 Å². The fourth-order valence-electron chi connectivity index (χ4n) is 3.69. The van der Waals surface area contributed by atoms with E-state index in [1.165, 1.54) is 29.4 Å². The van der Waals surface area contributed by atoms with Crippen LogP contribution in [0, 0.1) is 12.8 Å². The van der Waals surface area contributed by atoms with Crippen molar-refractivity contribution in [3.8, 4) is 11.1 Å². The van der Waals surface area contributed by atoms with Crippen LogP contribution in [-0.4, -0.2) is 44.1 Å². The minimum Gasteiger partial charge on any atom is -0.469 e. The second-order valence-electron chi connectivity index (χ2n) is 7.26. The molecule has 29 heavy (non-hydrogen) atoms. The molecule has 0 atom stereocenters. The highest BCUT2D eigenvalue weighted by Crippen LogP contribution is 2.22. The standard InChI is InChI=1S/C23H29N3O2.HI/c1-17-6-4-8-20(14-17)21-9-5-7-18(15-21)16-25-23(24-2)26-12-10-19(11-13-26)22(27)28-3;/h4-9,14-15,19H,10-13,16H2,1-3H3,(H,24,25);1H. The second-order valence-corrected chi connectivity index (χ2v) is 7.26. The quantitative estimate of drug-likeness (QED) is 0.291. The van der Waals surface area contributed by atoms with E-state index in [2.05, 4.69) is 70.7 Å². The van der Waals surface area contributed by atoms with E-state index in [0.29, 0.717) is 6.54 Å². The molecule has 0 saturated carbocycles. The smallest absolute Gasteiger partial charge is 0.308 e. The van der Waals surface area contributed by atoms with Gasteiger partial charge < -0.3 is 15.0 Å². The Morgan fingerprint density at radius 3 is 2.41 bits per heavy atom. The van der Waals surface area contributed by atoms with Gasteiger partial charge in [-0.25, -0.2) is 0 Å². The monoisotopic (exact) mass is 507 g/mol. The van der Waals surface area contributed by atoms with Crippen LogP contribution in [0.25, 0.3) is 11.1 Å². The normalized spacial score (nSPS) is 14.9. The van der Waals surface area contributed by atoms with Crippen molar-refractivity contribution in [2.75, 3.05) is 27.2 Å². The van der Waals surface area contributed by atoms with Gasteiger partial charge in [0.05, 0.1) is 13.0 Å². The molecule has 0 amide bonds. The number of methoxy groups -OCH3 is 1. The first-order valence-electron chi connectivity index (χ1n) is 9.80. The summed E-state index contributed by atoms with van der Waals surface area (Å²) in [7, 11) is 3.26. The number of nitrogens with zero attached hydrogens (tertiary/aromatic N) is 2. The highest BCUT2D eigenvalue weighted by atomic mass is 127. The average molecular weight is 507 g/mol. The van der Waals surface area contributed by atoms with Crippen molar-refractivity contribution in [2.24, 2.45) is 10.9 Å². The lowest BCUT2D eigenvalue weighted by molar-refractivity contribution is -0.146. The van der Waals surface area contributed by atoms with E-state index < -0.39 is 0 Å². The molecule has 1 saturated heterocycles. The van der Waals surface area contributed by atoms with E-state index in [1.54, 1.807) is 7.05 Å². The van der Waals surface area contributed by atoms with Crippen LogP contribution in [0.1, 0.15) is 24.0 Å². The molecular weight excluding hydrogens is 477 g/mol. The lowest BCUT2D eigenvalue weighted by Gasteiger charge is -2.33. The van der Waals surface area contributed by atoms with E-state index in [0.717, 1.165) is 31.9 Å². The highest BCUT2D eigenvalue weighted by Gasteiger charge is 2.26. The molecule has 1 aliphatic heterocycles. The van der Waals surface area contributed by atoms with Gasteiger partial charge in [-0.3, -0.25) is 9.79 Å². The van der Waals surface area contributed by atoms with Gasteiger partial charge in [0.2, 0.25) is 0 Å². The van der Waals surface area contributed by atoms with Crippen LogP contribution < -0.4 is 5.32 Å². The summed E-state index contributed by atoms with van der Waals surface area (Å²) in [5.74, 6) is 0.783. The van der Waals surface area contributed by atoms with Crippen LogP contribution in [-0.2, 0) is 16.1 Å². The maximum absolute atomic E-state index is 11.7. The lowest BCUT2D eigenvalue weighted by atomic mass is 9.97. The number of ether oxygens (including phenoxy) is 1. The molecule has 0 unspecified atom stereocenters. The van der Waals surface area contributed by atoms with Gasteiger partial charge in [0.15, 0.2) is 5.96 Å². The van der Waals surface area contributed by atoms with Crippen LogP contribution in [0.15, 0.2) is 53.5 Å². The van der Waals surface area contributed by atoms with Crippen molar-refractivity contribution in [2.45, 2.75) is 26.3 Å². The summed E-state index contributed by atoms with van der Waals surface area (Å²) in [6.07, 6.45) is 1.60. The van der Waals surface area contributed by atoms with Gasteiger partial charge in [0.1, 0.15) is 0 Å². The predicted molar refractivity (Wildman–Crippen MR) is 129 cm³/mol. The SMILES string of the molecule is CN=C(NCc1cccc(-c2cccc(C)c2)c1)N1CCC(C(=O)OC)CC1.I. The Morgan fingerprint density at radius 1 is 1.14 bits per heavy atom. The first-order chi connectivity index (χ1) is 13.6. The Morgan fingerprint density at radius 2 is 1.79 bits per heavy atom. The van der Waals surface area contributed by atoms with Gasteiger partial charge in [-0.05, 0) is 42.5 Å². The lowest BCUT2D eigenvalue weighted by Crippen LogP contribution is -2.46. The molecule has 0 spiro atoms. The number of piperidine rings is 1. The molecule has 1 heterocycles. The number of aryl methyl sites for hydroxylation is 1. The topological polar surface area (TPSA) is 53.9 Å². The maximum atomic E-state index is 11.7. The van der Waals surface area contributed by atoms with Gasteiger partial charge in [-0.1, -0.05) is 48.0 Å². The molecule has 2 aromatic carbocycles. The molecule has 156 valence electrons. The number of carbonyl (C=O) groups is 1. The summed E-state index contributed by atoms with van der Waals surface area (Å²) in [4.78, 5) is 18.3. The zero-order valence-corrected chi connectivity index (χ0v) is 19.7.